The summed E-state index contributed by atoms with van der Waals surface area (Å²) in [6.45, 7) is 4.63. The van der Waals surface area contributed by atoms with E-state index in [4.69, 9.17) is 10.8 Å². The molecule has 0 aromatic rings. The first-order chi connectivity index (χ1) is 8.73. The minimum atomic E-state index is -1.17. The molecule has 110 valence electrons. The van der Waals surface area contributed by atoms with E-state index >= 15 is 0 Å². The highest BCUT2D eigenvalue weighted by Crippen LogP contribution is 2.02. The van der Waals surface area contributed by atoms with Gasteiger partial charge in [-0.15, -0.1) is 0 Å². The SMILES string of the molecule is CC(C)CCN(C)C(=O)NC(CCC(N)=O)C(=O)O. The summed E-state index contributed by atoms with van der Waals surface area (Å²) in [5.41, 5.74) is 4.96. The summed E-state index contributed by atoms with van der Waals surface area (Å²) in [5.74, 6) is -1.30. The molecule has 0 radical (unpaired) electrons. The number of nitrogens with two attached hydrogens (primary N) is 1. The smallest absolute Gasteiger partial charge is 0.326 e. The lowest BCUT2D eigenvalue weighted by atomic mass is 10.1. The number of hydrogen-bond donors (Lipinski definition) is 3. The standard InChI is InChI=1S/C12H23N3O4/c1-8(2)6-7-15(3)12(19)14-9(11(17)18)4-5-10(13)16/h8-9H,4-7H2,1-3H3,(H2,13,16)(H,14,19)(H,17,18). The normalized spacial score (nSPS) is 12.0. The number of hydrogen-bond acceptors (Lipinski definition) is 3. The highest BCUT2D eigenvalue weighted by Gasteiger charge is 2.22. The predicted octanol–water partition coefficient (Wildman–Crippen LogP) is 0.393. The van der Waals surface area contributed by atoms with Crippen LogP contribution in [0.2, 0.25) is 0 Å². The van der Waals surface area contributed by atoms with Crippen LogP contribution < -0.4 is 11.1 Å². The summed E-state index contributed by atoms with van der Waals surface area (Å²) >= 11 is 0. The summed E-state index contributed by atoms with van der Waals surface area (Å²) in [6.07, 6.45) is 0.754. The number of nitrogens with one attached hydrogen (secondary N) is 1. The van der Waals surface area contributed by atoms with Crippen molar-refractivity contribution >= 4 is 17.9 Å². The monoisotopic (exact) mass is 273 g/mol. The van der Waals surface area contributed by atoms with E-state index in [1.807, 2.05) is 13.8 Å². The molecule has 0 aromatic heterocycles. The van der Waals surface area contributed by atoms with E-state index < -0.39 is 23.9 Å². The minimum Gasteiger partial charge on any atom is -0.480 e. The van der Waals surface area contributed by atoms with Crippen molar-refractivity contribution in [3.63, 3.8) is 0 Å². The molecule has 1 unspecified atom stereocenters. The van der Waals surface area contributed by atoms with Gasteiger partial charge in [-0.3, -0.25) is 4.79 Å². The molecule has 19 heavy (non-hydrogen) atoms. The lowest BCUT2D eigenvalue weighted by molar-refractivity contribution is -0.139. The molecule has 0 bridgehead atoms. The maximum Gasteiger partial charge on any atom is 0.326 e. The van der Waals surface area contributed by atoms with Crippen LogP contribution in [-0.2, 0) is 9.59 Å². The molecule has 1 atom stereocenters. The molecular weight excluding hydrogens is 250 g/mol. The maximum atomic E-state index is 11.8. The summed E-state index contributed by atoms with van der Waals surface area (Å²) in [5, 5.41) is 11.3. The molecular formula is C12H23N3O4. The highest BCUT2D eigenvalue weighted by atomic mass is 16.4. The van der Waals surface area contributed by atoms with Crippen LogP contribution in [0.5, 0.6) is 0 Å². The zero-order valence-electron chi connectivity index (χ0n) is 11.7. The number of carbonyl (C=O) groups excluding carboxylic acids is 2. The Morgan fingerprint density at radius 1 is 1.26 bits per heavy atom. The third-order valence-corrected chi connectivity index (χ3v) is 2.66. The Morgan fingerprint density at radius 2 is 1.84 bits per heavy atom. The number of nitrogens with zero attached hydrogens (tertiary/aromatic N) is 1. The van der Waals surface area contributed by atoms with Crippen LogP contribution in [0.1, 0.15) is 33.1 Å². The van der Waals surface area contributed by atoms with Crippen LogP contribution in [-0.4, -0.2) is 47.5 Å². The van der Waals surface area contributed by atoms with E-state index in [0.29, 0.717) is 12.5 Å². The molecule has 0 aliphatic rings. The zero-order chi connectivity index (χ0) is 15.0. The van der Waals surface area contributed by atoms with Gasteiger partial charge in [0, 0.05) is 20.0 Å². The van der Waals surface area contributed by atoms with Crippen molar-refractivity contribution in [1.29, 1.82) is 0 Å². The minimum absolute atomic E-state index is 0.00553. The fourth-order valence-corrected chi connectivity index (χ4v) is 1.36. The van der Waals surface area contributed by atoms with Crippen molar-refractivity contribution in [2.75, 3.05) is 13.6 Å². The molecule has 0 spiro atoms. The fraction of sp³-hybridized carbons (Fsp3) is 0.750. The zero-order valence-corrected chi connectivity index (χ0v) is 11.7. The van der Waals surface area contributed by atoms with Gasteiger partial charge in [-0.2, -0.15) is 0 Å². The molecule has 7 heteroatoms. The van der Waals surface area contributed by atoms with Gasteiger partial charge in [-0.1, -0.05) is 13.8 Å². The van der Waals surface area contributed by atoms with Gasteiger partial charge in [0.2, 0.25) is 5.91 Å². The molecule has 4 N–H and O–H groups in total. The molecule has 7 nitrogen and oxygen atoms in total. The van der Waals surface area contributed by atoms with Crippen LogP contribution in [0.3, 0.4) is 0 Å². The number of carboxylic acid groups (broad SMARTS) is 1. The first-order valence-electron chi connectivity index (χ1n) is 6.26. The average molecular weight is 273 g/mol. The number of carboxylic acids is 1. The Labute approximate surface area is 113 Å². The summed E-state index contributed by atoms with van der Waals surface area (Å²) in [6, 6.07) is -1.56. The van der Waals surface area contributed by atoms with Crippen molar-refractivity contribution in [2.45, 2.75) is 39.2 Å². The third-order valence-electron chi connectivity index (χ3n) is 2.66. The Bertz CT molecular complexity index is 331. The Morgan fingerprint density at radius 3 is 2.26 bits per heavy atom. The predicted molar refractivity (Wildman–Crippen MR) is 70.5 cm³/mol. The van der Waals surface area contributed by atoms with Crippen molar-refractivity contribution < 1.29 is 19.5 Å². The van der Waals surface area contributed by atoms with E-state index in [-0.39, 0.29) is 12.8 Å². The lowest BCUT2D eigenvalue weighted by Gasteiger charge is -2.21. The fourth-order valence-electron chi connectivity index (χ4n) is 1.36. The Balaban J connectivity index is 4.29. The van der Waals surface area contributed by atoms with E-state index in [1.54, 1.807) is 7.05 Å². The van der Waals surface area contributed by atoms with Crippen molar-refractivity contribution in [3.8, 4) is 0 Å². The van der Waals surface area contributed by atoms with Gasteiger partial charge >= 0.3 is 12.0 Å². The molecule has 0 saturated carbocycles. The van der Waals surface area contributed by atoms with Crippen molar-refractivity contribution in [3.05, 3.63) is 0 Å². The van der Waals surface area contributed by atoms with Gasteiger partial charge in [-0.05, 0) is 18.8 Å². The first-order valence-corrected chi connectivity index (χ1v) is 6.26. The molecule has 0 aromatic carbocycles. The van der Waals surface area contributed by atoms with Crippen LogP contribution >= 0.6 is 0 Å². The quantitative estimate of drug-likeness (QED) is 0.593. The largest absolute Gasteiger partial charge is 0.480 e. The number of primary amides is 1. The molecule has 0 heterocycles. The summed E-state index contributed by atoms with van der Waals surface area (Å²) < 4.78 is 0. The molecule has 0 aliphatic heterocycles. The Kier molecular flexibility index (Phi) is 7.55. The number of rotatable bonds is 8. The topological polar surface area (TPSA) is 113 Å². The van der Waals surface area contributed by atoms with Gasteiger partial charge in [0.05, 0.1) is 0 Å². The molecule has 0 saturated heterocycles. The molecule has 0 rings (SSSR count). The van der Waals surface area contributed by atoms with Crippen LogP contribution in [0.15, 0.2) is 0 Å². The second-order valence-electron chi connectivity index (χ2n) is 4.95. The highest BCUT2D eigenvalue weighted by molar-refractivity contribution is 5.83. The van der Waals surface area contributed by atoms with Crippen LogP contribution in [0, 0.1) is 5.92 Å². The van der Waals surface area contributed by atoms with Gasteiger partial charge in [0.1, 0.15) is 6.04 Å². The van der Waals surface area contributed by atoms with Gasteiger partial charge in [-0.25, -0.2) is 9.59 Å². The number of amides is 3. The van der Waals surface area contributed by atoms with Gasteiger partial charge < -0.3 is 21.1 Å². The number of carbonyl (C=O) groups is 3. The first kappa shape index (κ1) is 17.2. The van der Waals surface area contributed by atoms with Gasteiger partial charge in [0.15, 0.2) is 0 Å². The molecule has 0 aliphatic carbocycles. The third kappa shape index (κ3) is 8.01. The maximum absolute atomic E-state index is 11.8. The van der Waals surface area contributed by atoms with Crippen LogP contribution in [0.4, 0.5) is 4.79 Å². The summed E-state index contributed by atoms with van der Waals surface area (Å²) in [4.78, 5) is 34.8. The van der Waals surface area contributed by atoms with Crippen LogP contribution in [0.25, 0.3) is 0 Å². The summed E-state index contributed by atoms with van der Waals surface area (Å²) in [7, 11) is 1.60. The molecule has 0 fully saturated rings. The number of urea groups is 1. The second-order valence-corrected chi connectivity index (χ2v) is 4.95. The van der Waals surface area contributed by atoms with E-state index in [1.165, 1.54) is 4.90 Å². The van der Waals surface area contributed by atoms with E-state index in [9.17, 15) is 14.4 Å². The lowest BCUT2D eigenvalue weighted by Crippen LogP contribution is -2.47. The van der Waals surface area contributed by atoms with E-state index in [0.717, 1.165) is 6.42 Å². The molecule has 3 amide bonds. The van der Waals surface area contributed by atoms with Crippen molar-refractivity contribution in [2.24, 2.45) is 11.7 Å². The van der Waals surface area contributed by atoms with Gasteiger partial charge in [0.25, 0.3) is 0 Å². The second kappa shape index (κ2) is 8.34. The average Bonchev–Trinajstić information content (AvgIpc) is 2.30. The van der Waals surface area contributed by atoms with E-state index in [2.05, 4.69) is 5.32 Å². The number of aliphatic carboxylic acids is 1. The Hall–Kier alpha value is -1.79. The van der Waals surface area contributed by atoms with Crippen molar-refractivity contribution in [1.82, 2.24) is 10.2 Å².